The summed E-state index contributed by atoms with van der Waals surface area (Å²) < 4.78 is 17.1. The highest BCUT2D eigenvalue weighted by Crippen LogP contribution is 2.63. The largest absolute Gasteiger partial charge is 0.508 e. The first-order valence-corrected chi connectivity index (χ1v) is 13.4. The van der Waals surface area contributed by atoms with Crippen LogP contribution in [0.3, 0.4) is 0 Å². The van der Waals surface area contributed by atoms with E-state index in [2.05, 4.69) is 5.32 Å². The molecular formula is C30H41NO8. The van der Waals surface area contributed by atoms with Crippen molar-refractivity contribution in [2.45, 2.75) is 83.3 Å². The zero-order chi connectivity index (χ0) is 29.0. The normalized spacial score (nSPS) is 32.7. The highest BCUT2D eigenvalue weighted by molar-refractivity contribution is 5.90. The number of Topliss-reactive ketones (excluding diaryl/α,β-unsaturated/α-hetero) is 1. The number of carbonyl (C=O) groups is 4. The lowest BCUT2D eigenvalue weighted by atomic mass is 9.58. The van der Waals surface area contributed by atoms with Gasteiger partial charge < -0.3 is 29.4 Å². The Labute approximate surface area is 230 Å². The van der Waals surface area contributed by atoms with Crippen LogP contribution in [-0.2, 0) is 35.0 Å². The number of fused-ring (bicyclic) bond motifs is 1. The molecule has 9 atom stereocenters. The predicted octanol–water partition coefficient (Wildman–Crippen LogP) is 3.42. The number of rotatable bonds is 13. The van der Waals surface area contributed by atoms with Gasteiger partial charge >= 0.3 is 6.16 Å². The third-order valence-electron chi connectivity index (χ3n) is 8.71. The third kappa shape index (κ3) is 6.25. The number of methoxy groups -OCH3 is 1. The molecule has 1 amide bonds. The lowest BCUT2D eigenvalue weighted by Gasteiger charge is -2.48. The quantitative estimate of drug-likeness (QED) is 0.167. The van der Waals surface area contributed by atoms with Gasteiger partial charge in [0.15, 0.2) is 5.78 Å². The zero-order valence-corrected chi connectivity index (χ0v) is 23.6. The van der Waals surface area contributed by atoms with Crippen LogP contribution >= 0.6 is 0 Å². The number of aldehydes is 1. The van der Waals surface area contributed by atoms with Gasteiger partial charge in [0.05, 0.1) is 24.2 Å². The summed E-state index contributed by atoms with van der Waals surface area (Å²) in [7, 11) is 1.25. The van der Waals surface area contributed by atoms with Crippen LogP contribution < -0.4 is 5.32 Å². The highest BCUT2D eigenvalue weighted by atomic mass is 16.7. The third-order valence-corrected chi connectivity index (χ3v) is 8.71. The zero-order valence-electron chi connectivity index (χ0n) is 23.6. The van der Waals surface area contributed by atoms with Gasteiger partial charge in [-0.15, -0.1) is 0 Å². The number of aliphatic hydroxyl groups is 1. The number of amides is 1. The Balaban J connectivity index is 1.96. The topological polar surface area (TPSA) is 132 Å². The Bertz CT molecular complexity index is 1070. The van der Waals surface area contributed by atoms with Gasteiger partial charge in [0, 0.05) is 24.3 Å². The van der Waals surface area contributed by atoms with E-state index in [0.717, 1.165) is 5.56 Å². The first-order chi connectivity index (χ1) is 18.4. The van der Waals surface area contributed by atoms with E-state index >= 15 is 0 Å². The van der Waals surface area contributed by atoms with Crippen LogP contribution in [0.5, 0.6) is 0 Å². The van der Waals surface area contributed by atoms with Gasteiger partial charge in [0.1, 0.15) is 18.0 Å². The van der Waals surface area contributed by atoms with E-state index in [4.69, 9.17) is 14.2 Å². The summed E-state index contributed by atoms with van der Waals surface area (Å²) in [4.78, 5) is 47.9. The van der Waals surface area contributed by atoms with Crippen LogP contribution in [0.4, 0.5) is 4.79 Å². The van der Waals surface area contributed by atoms with E-state index < -0.39 is 40.6 Å². The number of ether oxygens (including phenoxy) is 3. The molecule has 3 rings (SSSR count). The van der Waals surface area contributed by atoms with Crippen molar-refractivity contribution in [2.24, 2.45) is 23.2 Å². The maximum atomic E-state index is 12.7. The fourth-order valence-corrected chi connectivity index (χ4v) is 6.31. The molecular weight excluding hydrogens is 502 g/mol. The van der Waals surface area contributed by atoms with Gasteiger partial charge in [0.25, 0.3) is 0 Å². The maximum absolute atomic E-state index is 12.7. The molecule has 1 aliphatic heterocycles. The number of carbonyl (C=O) groups excluding carboxylic acids is 4. The molecule has 9 nitrogen and oxygen atoms in total. The van der Waals surface area contributed by atoms with Gasteiger partial charge in [0.2, 0.25) is 6.41 Å². The summed E-state index contributed by atoms with van der Waals surface area (Å²) in [6, 6.07) is 9.39. The van der Waals surface area contributed by atoms with Crippen molar-refractivity contribution in [2.75, 3.05) is 7.11 Å². The second-order valence-electron chi connectivity index (χ2n) is 11.5. The molecule has 0 spiro atoms. The number of hydrogen-bond acceptors (Lipinski definition) is 8. The lowest BCUT2D eigenvalue weighted by molar-refractivity contribution is -0.141. The van der Waals surface area contributed by atoms with Crippen LogP contribution in [0.1, 0.15) is 53.0 Å². The number of benzene rings is 1. The molecule has 2 aliphatic rings. The summed E-state index contributed by atoms with van der Waals surface area (Å²) in [6.07, 6.45) is 3.67. The van der Waals surface area contributed by atoms with Gasteiger partial charge in [-0.1, -0.05) is 56.3 Å². The van der Waals surface area contributed by atoms with Crippen molar-refractivity contribution in [1.82, 2.24) is 5.32 Å². The fraction of sp³-hybridized carbons (Fsp3) is 0.600. The van der Waals surface area contributed by atoms with Crippen LogP contribution in [0, 0.1) is 23.2 Å². The molecule has 0 aromatic heterocycles. The molecule has 1 heterocycles. The molecule has 9 heteroatoms. The summed E-state index contributed by atoms with van der Waals surface area (Å²) in [5.74, 6) is -1.39. The molecule has 9 unspecified atom stereocenters. The number of epoxide rings is 1. The summed E-state index contributed by atoms with van der Waals surface area (Å²) in [5.41, 5.74) is -2.04. The van der Waals surface area contributed by atoms with Crippen LogP contribution in [0.25, 0.3) is 0 Å². The van der Waals surface area contributed by atoms with E-state index in [1.165, 1.54) is 14.0 Å². The van der Waals surface area contributed by atoms with Crippen molar-refractivity contribution in [1.29, 1.82) is 0 Å². The Kier molecular flexibility index (Phi) is 9.39. The average Bonchev–Trinajstić information content (AvgIpc) is 3.61. The molecule has 2 N–H and O–H groups in total. The smallest absolute Gasteiger partial charge is 0.438 e. The molecule has 214 valence electrons. The summed E-state index contributed by atoms with van der Waals surface area (Å²) in [6.45, 7) is 9.06. The molecule has 0 radical (unpaired) electrons. The first-order valence-electron chi connectivity index (χ1n) is 13.4. The molecule has 1 saturated heterocycles. The number of ketones is 1. The van der Waals surface area contributed by atoms with Crippen molar-refractivity contribution >= 4 is 24.6 Å². The number of nitrogens with one attached hydrogen (secondary N) is 1. The minimum absolute atomic E-state index is 0.0845. The minimum Gasteiger partial charge on any atom is -0.438 e. The van der Waals surface area contributed by atoms with Crippen LogP contribution in [0.2, 0.25) is 0 Å². The van der Waals surface area contributed by atoms with Gasteiger partial charge in [-0.05, 0) is 45.1 Å². The van der Waals surface area contributed by atoms with Crippen LogP contribution in [-0.4, -0.2) is 66.3 Å². The van der Waals surface area contributed by atoms with Crippen molar-refractivity contribution < 1.29 is 38.5 Å². The molecule has 1 aliphatic carbocycles. The summed E-state index contributed by atoms with van der Waals surface area (Å²) >= 11 is 0. The highest BCUT2D eigenvalue weighted by Gasteiger charge is 2.73. The average molecular weight is 544 g/mol. The molecule has 1 aromatic rings. The molecule has 1 saturated carbocycles. The predicted molar refractivity (Wildman–Crippen MR) is 144 cm³/mol. The minimum atomic E-state index is -1.73. The van der Waals surface area contributed by atoms with E-state index in [9.17, 15) is 24.3 Å². The second-order valence-corrected chi connectivity index (χ2v) is 11.5. The van der Waals surface area contributed by atoms with Gasteiger partial charge in [-0.25, -0.2) is 4.79 Å². The van der Waals surface area contributed by atoms with Crippen molar-refractivity contribution in [3.05, 3.63) is 48.0 Å². The Morgan fingerprint density at radius 2 is 1.90 bits per heavy atom. The van der Waals surface area contributed by atoms with Crippen LogP contribution in [0.15, 0.2) is 42.5 Å². The lowest BCUT2D eigenvalue weighted by Crippen LogP contribution is -2.60. The SMILES string of the molecule is COC(=O)OC1C(C(Cc2ccccc2)NC=O)C(C)C2(C)OC2C1(C)/C=C/CC(C)C(=O)C(C)(O)CC=O. The first kappa shape index (κ1) is 30.5. The molecule has 0 bridgehead atoms. The number of hydrogen-bond donors (Lipinski definition) is 2. The standard InChI is InChI=1S/C30H41NO8/c1-19(24(34)29(4,36)15-16-32)11-10-14-28(3)25(38-27(35)37-6)23(20(2)30(5)26(28)39-30)22(31-18-33)17-21-12-8-7-9-13-21/h7-10,12-14,16,18-20,22-23,25-26,36H,11,15,17H2,1-6H3,(H,31,33)/b14-10+. The molecule has 2 fully saturated rings. The van der Waals surface area contributed by atoms with Crippen molar-refractivity contribution in [3.8, 4) is 0 Å². The summed E-state index contributed by atoms with van der Waals surface area (Å²) in [5, 5.41) is 13.3. The van der Waals surface area contributed by atoms with E-state index in [1.54, 1.807) is 6.92 Å². The maximum Gasteiger partial charge on any atom is 0.508 e. The molecule has 39 heavy (non-hydrogen) atoms. The molecule has 1 aromatic carbocycles. The Morgan fingerprint density at radius 3 is 2.49 bits per heavy atom. The van der Waals surface area contributed by atoms with E-state index in [0.29, 0.717) is 25.5 Å². The van der Waals surface area contributed by atoms with E-state index in [1.807, 2.05) is 63.3 Å². The van der Waals surface area contributed by atoms with Crippen molar-refractivity contribution in [3.63, 3.8) is 0 Å². The van der Waals surface area contributed by atoms with Gasteiger partial charge in [-0.3, -0.25) is 9.59 Å². The Hall–Kier alpha value is -3.04. The fourth-order valence-electron chi connectivity index (χ4n) is 6.31. The second kappa shape index (κ2) is 12.0. The van der Waals surface area contributed by atoms with Gasteiger partial charge in [-0.2, -0.15) is 0 Å². The Morgan fingerprint density at radius 1 is 1.23 bits per heavy atom. The van der Waals surface area contributed by atoms with E-state index in [-0.39, 0.29) is 30.4 Å². The number of allylic oxidation sites excluding steroid dienone is 1. The monoisotopic (exact) mass is 543 g/mol.